The molecule has 1 aliphatic rings. The number of rotatable bonds is 4. The van der Waals surface area contributed by atoms with Crippen molar-refractivity contribution in [3.05, 3.63) is 35.4 Å². The molecule has 4 unspecified atom stereocenters. The Balaban J connectivity index is 2.27. The second-order valence-electron chi connectivity index (χ2n) is 7.93. The van der Waals surface area contributed by atoms with Crippen LogP contribution < -0.4 is 0 Å². The van der Waals surface area contributed by atoms with E-state index >= 15 is 0 Å². The molecule has 0 N–H and O–H groups in total. The Morgan fingerprint density at radius 1 is 1.29 bits per heavy atom. The van der Waals surface area contributed by atoms with Gasteiger partial charge in [-0.3, -0.25) is 4.90 Å². The molecule has 3 heteroatoms. The molecular weight excluding hydrogens is 298 g/mol. The molecule has 1 aromatic rings. The van der Waals surface area contributed by atoms with Crippen molar-refractivity contribution < 1.29 is 9.53 Å². The van der Waals surface area contributed by atoms with Crippen molar-refractivity contribution in [1.82, 2.24) is 4.90 Å². The Bertz CT molecular complexity index is 599. The lowest BCUT2D eigenvalue weighted by atomic mass is 9.68. The van der Waals surface area contributed by atoms with E-state index in [2.05, 4.69) is 46.6 Å². The average Bonchev–Trinajstić information content (AvgIpc) is 2.57. The Morgan fingerprint density at radius 2 is 1.96 bits per heavy atom. The van der Waals surface area contributed by atoms with Gasteiger partial charge in [-0.15, -0.1) is 0 Å². The number of carbonyl (C=O) groups is 1. The second-order valence-corrected chi connectivity index (χ2v) is 7.93. The van der Waals surface area contributed by atoms with Crippen LogP contribution in [0.2, 0.25) is 0 Å². The number of esters is 1. The first-order valence-corrected chi connectivity index (χ1v) is 9.19. The molecule has 0 aromatic heterocycles. The molecule has 1 saturated heterocycles. The number of likely N-dealkylation sites (tertiary alicyclic amines) is 1. The molecular formula is C21H33NO2. The van der Waals surface area contributed by atoms with Gasteiger partial charge >= 0.3 is 5.97 Å². The van der Waals surface area contributed by atoms with Crippen molar-refractivity contribution in [2.75, 3.05) is 7.05 Å². The molecule has 0 amide bonds. The highest BCUT2D eigenvalue weighted by Crippen LogP contribution is 2.45. The molecule has 1 fully saturated rings. The van der Waals surface area contributed by atoms with Gasteiger partial charge in [0.15, 0.2) is 0 Å². The number of carbonyl (C=O) groups excluding carboxylic acids is 1. The first-order chi connectivity index (χ1) is 11.2. The fourth-order valence-electron chi connectivity index (χ4n) is 4.13. The number of benzene rings is 1. The van der Waals surface area contributed by atoms with Gasteiger partial charge in [0.05, 0.1) is 5.56 Å². The van der Waals surface area contributed by atoms with E-state index in [1.807, 2.05) is 31.2 Å². The van der Waals surface area contributed by atoms with Crippen LogP contribution in [0.4, 0.5) is 0 Å². The summed E-state index contributed by atoms with van der Waals surface area (Å²) in [7, 11) is 2.22. The molecule has 0 bridgehead atoms. The molecule has 0 aliphatic carbocycles. The van der Waals surface area contributed by atoms with Gasteiger partial charge in [0, 0.05) is 23.4 Å². The number of hydrogen-bond donors (Lipinski definition) is 0. The van der Waals surface area contributed by atoms with E-state index in [4.69, 9.17) is 4.74 Å². The van der Waals surface area contributed by atoms with E-state index < -0.39 is 0 Å². The smallest absolute Gasteiger partial charge is 0.338 e. The van der Waals surface area contributed by atoms with E-state index in [-0.39, 0.29) is 23.2 Å². The van der Waals surface area contributed by atoms with Crippen LogP contribution in [0.25, 0.3) is 0 Å². The van der Waals surface area contributed by atoms with Crippen LogP contribution >= 0.6 is 0 Å². The van der Waals surface area contributed by atoms with Crippen LogP contribution in [-0.2, 0) is 4.74 Å². The molecule has 134 valence electrons. The SMILES string of the molecule is CCC1(C)CC(OC(=O)c2cccc(C)c2)C(C)C(C)(CC)N1C. The maximum Gasteiger partial charge on any atom is 0.338 e. The zero-order valence-corrected chi connectivity index (χ0v) is 16.3. The number of aryl methyl sites for hydroxylation is 1. The summed E-state index contributed by atoms with van der Waals surface area (Å²) in [5.41, 5.74) is 1.81. The van der Waals surface area contributed by atoms with Crippen LogP contribution in [0.3, 0.4) is 0 Å². The molecule has 4 atom stereocenters. The molecule has 3 nitrogen and oxygen atoms in total. The van der Waals surface area contributed by atoms with Gasteiger partial charge in [0.2, 0.25) is 0 Å². The van der Waals surface area contributed by atoms with Crippen LogP contribution in [-0.4, -0.2) is 35.1 Å². The standard InChI is InChI=1S/C21H33NO2/c1-8-20(5)14-18(16(4)21(6,9-2)22(20)7)24-19(23)17-12-10-11-15(3)13-17/h10-13,16,18H,8-9,14H2,1-7H3. The Morgan fingerprint density at radius 3 is 2.50 bits per heavy atom. The summed E-state index contributed by atoms with van der Waals surface area (Å²) in [5, 5.41) is 0. The van der Waals surface area contributed by atoms with Gasteiger partial charge in [-0.25, -0.2) is 4.79 Å². The number of nitrogens with zero attached hydrogens (tertiary/aromatic N) is 1. The highest BCUT2D eigenvalue weighted by Gasteiger charge is 2.52. The highest BCUT2D eigenvalue weighted by molar-refractivity contribution is 5.89. The molecule has 1 aromatic carbocycles. The summed E-state index contributed by atoms with van der Waals surface area (Å²) in [5.74, 6) is 0.0953. The zero-order chi connectivity index (χ0) is 18.1. The van der Waals surface area contributed by atoms with Crippen LogP contribution in [0.5, 0.6) is 0 Å². The molecule has 0 spiro atoms. The largest absolute Gasteiger partial charge is 0.458 e. The summed E-state index contributed by atoms with van der Waals surface area (Å²) in [4.78, 5) is 15.2. The molecule has 1 aliphatic heterocycles. The third kappa shape index (κ3) is 3.23. The summed E-state index contributed by atoms with van der Waals surface area (Å²) in [6.45, 7) is 13.3. The van der Waals surface area contributed by atoms with Crippen LogP contribution in [0.15, 0.2) is 24.3 Å². The van der Waals surface area contributed by atoms with Gasteiger partial charge in [0.1, 0.15) is 6.10 Å². The predicted molar refractivity (Wildman–Crippen MR) is 99.3 cm³/mol. The Hall–Kier alpha value is -1.35. The molecule has 1 heterocycles. The van der Waals surface area contributed by atoms with Gasteiger partial charge in [-0.2, -0.15) is 0 Å². The van der Waals surface area contributed by atoms with E-state index in [9.17, 15) is 4.79 Å². The number of ether oxygens (including phenoxy) is 1. The minimum atomic E-state index is -0.197. The molecule has 0 saturated carbocycles. The Labute approximate surface area is 147 Å². The molecule has 2 rings (SSSR count). The summed E-state index contributed by atoms with van der Waals surface area (Å²) in [6.07, 6.45) is 2.92. The zero-order valence-electron chi connectivity index (χ0n) is 16.3. The normalized spacial score (nSPS) is 34.1. The quantitative estimate of drug-likeness (QED) is 0.740. The van der Waals surface area contributed by atoms with Crippen molar-refractivity contribution >= 4 is 5.97 Å². The maximum absolute atomic E-state index is 12.7. The monoisotopic (exact) mass is 331 g/mol. The van der Waals surface area contributed by atoms with Crippen LogP contribution in [0.1, 0.15) is 69.8 Å². The lowest BCUT2D eigenvalue weighted by molar-refractivity contribution is -0.126. The predicted octanol–water partition coefficient (Wildman–Crippen LogP) is 4.83. The van der Waals surface area contributed by atoms with Gasteiger partial charge in [-0.1, -0.05) is 38.5 Å². The van der Waals surface area contributed by atoms with Crippen molar-refractivity contribution in [2.45, 2.75) is 78.0 Å². The van der Waals surface area contributed by atoms with E-state index in [0.29, 0.717) is 11.5 Å². The maximum atomic E-state index is 12.7. The van der Waals surface area contributed by atoms with Gasteiger partial charge in [0.25, 0.3) is 0 Å². The Kier molecular flexibility index (Phi) is 5.44. The van der Waals surface area contributed by atoms with E-state index in [1.54, 1.807) is 0 Å². The number of piperidine rings is 1. The third-order valence-corrected chi connectivity index (χ3v) is 6.75. The summed E-state index contributed by atoms with van der Waals surface area (Å²) < 4.78 is 6.02. The van der Waals surface area contributed by atoms with Crippen molar-refractivity contribution in [3.63, 3.8) is 0 Å². The summed E-state index contributed by atoms with van der Waals surface area (Å²) >= 11 is 0. The highest BCUT2D eigenvalue weighted by atomic mass is 16.5. The minimum Gasteiger partial charge on any atom is -0.458 e. The van der Waals surface area contributed by atoms with Crippen molar-refractivity contribution in [1.29, 1.82) is 0 Å². The first-order valence-electron chi connectivity index (χ1n) is 9.19. The minimum absolute atomic E-state index is 0.0283. The van der Waals surface area contributed by atoms with Gasteiger partial charge in [-0.05, 0) is 52.8 Å². The summed E-state index contributed by atoms with van der Waals surface area (Å²) in [6, 6.07) is 7.65. The van der Waals surface area contributed by atoms with Crippen molar-refractivity contribution in [2.24, 2.45) is 5.92 Å². The molecule has 0 radical (unpaired) electrons. The van der Waals surface area contributed by atoms with Crippen LogP contribution in [0, 0.1) is 12.8 Å². The topological polar surface area (TPSA) is 29.5 Å². The van der Waals surface area contributed by atoms with Gasteiger partial charge < -0.3 is 4.74 Å². The molecule has 24 heavy (non-hydrogen) atoms. The second kappa shape index (κ2) is 6.87. The van der Waals surface area contributed by atoms with E-state index in [0.717, 1.165) is 24.8 Å². The third-order valence-electron chi connectivity index (χ3n) is 6.75. The lowest BCUT2D eigenvalue weighted by Crippen LogP contribution is -2.66. The van der Waals surface area contributed by atoms with E-state index in [1.165, 1.54) is 0 Å². The fourth-order valence-corrected chi connectivity index (χ4v) is 4.13. The van der Waals surface area contributed by atoms with Crippen molar-refractivity contribution in [3.8, 4) is 0 Å². The fraction of sp³-hybridized carbons (Fsp3) is 0.667. The number of hydrogen-bond acceptors (Lipinski definition) is 3. The first kappa shape index (κ1) is 19.0. The lowest BCUT2D eigenvalue weighted by Gasteiger charge is -2.59. The average molecular weight is 332 g/mol.